The molecule has 0 heterocycles. The molecule has 2 aromatic carbocycles. The van der Waals surface area contributed by atoms with Crippen LogP contribution in [0, 0.1) is 6.92 Å². The third-order valence-corrected chi connectivity index (χ3v) is 3.89. The molecule has 2 aromatic rings. The van der Waals surface area contributed by atoms with Crippen molar-refractivity contribution in [3.05, 3.63) is 76.6 Å². The molecule has 0 unspecified atom stereocenters. The summed E-state index contributed by atoms with van der Waals surface area (Å²) in [5.74, 6) is 0. The van der Waals surface area contributed by atoms with Crippen molar-refractivity contribution in [1.29, 1.82) is 0 Å². The van der Waals surface area contributed by atoms with Gasteiger partial charge in [-0.25, -0.2) is 8.42 Å². The third kappa shape index (κ3) is 5.77. The normalized spacial score (nSPS) is 11.5. The van der Waals surface area contributed by atoms with E-state index in [0.29, 0.717) is 0 Å². The second-order valence-corrected chi connectivity index (χ2v) is 5.99. The number of nitrogens with zero attached hydrogens (tertiary/aromatic N) is 2. The molecule has 0 saturated carbocycles. The first-order valence-corrected chi connectivity index (χ1v) is 7.81. The van der Waals surface area contributed by atoms with Gasteiger partial charge in [0.2, 0.25) is 0 Å². The molecule has 6 heteroatoms. The van der Waals surface area contributed by atoms with Gasteiger partial charge in [-0.2, -0.15) is 0 Å². The van der Waals surface area contributed by atoms with Gasteiger partial charge >= 0.3 is 29.6 Å². The van der Waals surface area contributed by atoms with Crippen LogP contribution in [0.25, 0.3) is 10.9 Å². The molecule has 22 heavy (non-hydrogen) atoms. The summed E-state index contributed by atoms with van der Waals surface area (Å²) in [6, 6.07) is 16.1. The van der Waals surface area contributed by atoms with Gasteiger partial charge in [0.05, 0.1) is 4.90 Å². The summed E-state index contributed by atoms with van der Waals surface area (Å²) in [6.45, 7) is 1.89. The van der Waals surface area contributed by atoms with Crippen LogP contribution in [0.2, 0.25) is 0 Å². The van der Waals surface area contributed by atoms with Crippen LogP contribution < -0.4 is 29.6 Å². The number of aryl methyl sites for hydroxylation is 1. The van der Waals surface area contributed by atoms with Crippen LogP contribution in [0.3, 0.4) is 0 Å². The zero-order valence-electron chi connectivity index (χ0n) is 12.5. The van der Waals surface area contributed by atoms with Gasteiger partial charge in [-0.15, -0.1) is 0 Å². The smallest absolute Gasteiger partial charge is 0.491 e. The molecule has 0 bridgehead atoms. The van der Waals surface area contributed by atoms with E-state index in [2.05, 4.69) is 9.93 Å². The van der Waals surface area contributed by atoms with Gasteiger partial charge in [0.25, 0.3) is 0 Å². The van der Waals surface area contributed by atoms with Crippen LogP contribution in [0.15, 0.2) is 70.7 Å². The Labute approximate surface area is 153 Å². The number of rotatable bonds is 5. The summed E-state index contributed by atoms with van der Waals surface area (Å²) in [5.41, 5.74) is 1.99. The van der Waals surface area contributed by atoms with Crippen molar-refractivity contribution >= 4 is 22.3 Å². The summed E-state index contributed by atoms with van der Waals surface area (Å²) in [6.07, 6.45) is 4.81. The van der Waals surface area contributed by atoms with E-state index in [0.717, 1.165) is 11.1 Å². The molecule has 0 saturated heterocycles. The molecule has 0 radical (unpaired) electrons. The Hall–Kier alpha value is -1.40. The zero-order valence-corrected chi connectivity index (χ0v) is 15.4. The number of hydrogen-bond donors (Lipinski definition) is 0. The van der Waals surface area contributed by atoms with Gasteiger partial charge in [0, 0.05) is 6.21 Å². The SMILES string of the molecule is Cc1ccc(S(=O)(=O)[N-]/N=C/C=C/c2ccccc2)cc1.[Na+]. The Bertz CT molecular complexity index is 739. The first kappa shape index (κ1) is 18.6. The Morgan fingerprint density at radius 2 is 1.64 bits per heavy atom. The molecule has 0 spiro atoms. The summed E-state index contributed by atoms with van der Waals surface area (Å²) >= 11 is 0. The largest absolute Gasteiger partial charge is 1.00 e. The molecule has 108 valence electrons. The topological polar surface area (TPSA) is 60.6 Å². The summed E-state index contributed by atoms with van der Waals surface area (Å²) in [4.78, 5) is 3.51. The van der Waals surface area contributed by atoms with Crippen molar-refractivity contribution in [3.8, 4) is 0 Å². The van der Waals surface area contributed by atoms with E-state index in [4.69, 9.17) is 0 Å². The van der Waals surface area contributed by atoms with Crippen molar-refractivity contribution in [1.82, 2.24) is 0 Å². The van der Waals surface area contributed by atoms with E-state index in [-0.39, 0.29) is 34.5 Å². The fourth-order valence-electron chi connectivity index (χ4n) is 1.60. The van der Waals surface area contributed by atoms with Crippen molar-refractivity contribution in [2.24, 2.45) is 5.10 Å². The molecular weight excluding hydrogens is 307 g/mol. The molecule has 4 nitrogen and oxygen atoms in total. The molecule has 0 fully saturated rings. The van der Waals surface area contributed by atoms with Gasteiger partial charge in [-0.1, -0.05) is 54.1 Å². The van der Waals surface area contributed by atoms with Gasteiger partial charge in [0.15, 0.2) is 0 Å². The van der Waals surface area contributed by atoms with Crippen LogP contribution in [0.5, 0.6) is 0 Å². The van der Waals surface area contributed by atoms with E-state index in [1.165, 1.54) is 18.3 Å². The van der Waals surface area contributed by atoms with E-state index in [9.17, 15) is 8.42 Å². The molecular formula is C16H15N2NaO2S. The molecule has 0 aliphatic heterocycles. The maximum Gasteiger partial charge on any atom is 1.00 e. The standard InChI is InChI=1S/C16H15N2O2S.Na/c1-14-9-11-16(12-10-14)21(19,20)18-17-13-5-8-15-6-3-2-4-7-15;/h2-13H,1H3;/q-1;+1/b8-5+,17-13+;. The Kier molecular flexibility index (Phi) is 7.55. The summed E-state index contributed by atoms with van der Waals surface area (Å²) in [5, 5.41) is 3.58. The number of allylic oxidation sites excluding steroid dienone is 1. The van der Waals surface area contributed by atoms with Gasteiger partial charge in [0.1, 0.15) is 10.0 Å². The molecule has 0 amide bonds. The Morgan fingerprint density at radius 3 is 2.27 bits per heavy atom. The monoisotopic (exact) mass is 322 g/mol. The minimum absolute atomic E-state index is 0. The number of benzene rings is 2. The van der Waals surface area contributed by atoms with Gasteiger partial charge in [-0.05, 0) is 30.7 Å². The van der Waals surface area contributed by atoms with E-state index >= 15 is 0 Å². The molecule has 0 aliphatic rings. The predicted octanol–water partition coefficient (Wildman–Crippen LogP) is 0.761. The van der Waals surface area contributed by atoms with Gasteiger partial charge < -0.3 is 9.93 Å². The fraction of sp³-hybridized carbons (Fsp3) is 0.0625. The number of sulfonamides is 1. The molecule has 0 atom stereocenters. The van der Waals surface area contributed by atoms with Crippen molar-refractivity contribution in [2.45, 2.75) is 11.8 Å². The average molecular weight is 322 g/mol. The fourth-order valence-corrected chi connectivity index (χ4v) is 2.36. The van der Waals surface area contributed by atoms with Gasteiger partial charge in [-0.3, -0.25) is 0 Å². The summed E-state index contributed by atoms with van der Waals surface area (Å²) in [7, 11) is -3.73. The average Bonchev–Trinajstić information content (AvgIpc) is 2.48. The minimum Gasteiger partial charge on any atom is -0.491 e. The van der Waals surface area contributed by atoms with Crippen LogP contribution >= 0.6 is 0 Å². The quantitative estimate of drug-likeness (QED) is 0.463. The first-order valence-electron chi connectivity index (χ1n) is 6.37. The van der Waals surface area contributed by atoms with Crippen molar-refractivity contribution in [2.75, 3.05) is 0 Å². The molecule has 2 rings (SSSR count). The zero-order chi connectivity index (χ0) is 15.1. The maximum atomic E-state index is 11.9. The second kappa shape index (κ2) is 8.90. The second-order valence-electron chi connectivity index (χ2n) is 4.40. The van der Waals surface area contributed by atoms with E-state index in [1.54, 1.807) is 18.2 Å². The summed E-state index contributed by atoms with van der Waals surface area (Å²) < 4.78 is 23.7. The minimum atomic E-state index is -3.73. The number of hydrogen-bond acceptors (Lipinski definition) is 3. The van der Waals surface area contributed by atoms with Crippen molar-refractivity contribution in [3.63, 3.8) is 0 Å². The molecule has 0 aromatic heterocycles. The van der Waals surface area contributed by atoms with E-state index in [1.807, 2.05) is 43.3 Å². The van der Waals surface area contributed by atoms with Crippen LogP contribution in [0.4, 0.5) is 0 Å². The van der Waals surface area contributed by atoms with Crippen LogP contribution in [-0.2, 0) is 10.0 Å². The van der Waals surface area contributed by atoms with Crippen molar-refractivity contribution < 1.29 is 38.0 Å². The van der Waals surface area contributed by atoms with Crippen LogP contribution in [0.1, 0.15) is 11.1 Å². The molecule has 0 N–H and O–H groups in total. The van der Waals surface area contributed by atoms with E-state index < -0.39 is 10.0 Å². The first-order chi connectivity index (χ1) is 10.1. The predicted molar refractivity (Wildman–Crippen MR) is 85.7 cm³/mol. The molecule has 0 aliphatic carbocycles. The Morgan fingerprint density at radius 1 is 1.00 bits per heavy atom. The Balaban J connectivity index is 0.00000242. The third-order valence-electron chi connectivity index (χ3n) is 2.71. The maximum absolute atomic E-state index is 11.9. The van der Waals surface area contributed by atoms with Crippen LogP contribution in [-0.4, -0.2) is 14.6 Å².